The van der Waals surface area contributed by atoms with Gasteiger partial charge in [0.1, 0.15) is 0 Å². The summed E-state index contributed by atoms with van der Waals surface area (Å²) in [6, 6.07) is 1.43. The van der Waals surface area contributed by atoms with Crippen molar-refractivity contribution in [3.05, 3.63) is 0 Å². The van der Waals surface area contributed by atoms with E-state index in [0.717, 1.165) is 12.0 Å². The SMILES string of the molecule is CCC(C)C(C)N1CC(CC)(CC)NCC1CC. The van der Waals surface area contributed by atoms with Gasteiger partial charge in [-0.25, -0.2) is 0 Å². The van der Waals surface area contributed by atoms with Crippen molar-refractivity contribution in [3.63, 3.8) is 0 Å². The summed E-state index contributed by atoms with van der Waals surface area (Å²) in [5, 5.41) is 3.83. The third-order valence-electron chi connectivity index (χ3n) is 5.48. The van der Waals surface area contributed by atoms with Gasteiger partial charge in [-0.15, -0.1) is 0 Å². The Morgan fingerprint density at radius 1 is 1.17 bits per heavy atom. The van der Waals surface area contributed by atoms with Gasteiger partial charge in [0.15, 0.2) is 0 Å². The lowest BCUT2D eigenvalue weighted by atomic mass is 9.85. The van der Waals surface area contributed by atoms with Gasteiger partial charge in [0.05, 0.1) is 0 Å². The van der Waals surface area contributed by atoms with Crippen LogP contribution in [-0.2, 0) is 0 Å². The summed E-state index contributed by atoms with van der Waals surface area (Å²) >= 11 is 0. The highest BCUT2D eigenvalue weighted by Crippen LogP contribution is 2.28. The Morgan fingerprint density at radius 3 is 2.22 bits per heavy atom. The van der Waals surface area contributed by atoms with Crippen molar-refractivity contribution in [2.24, 2.45) is 5.92 Å². The maximum atomic E-state index is 3.83. The molecule has 0 aliphatic carbocycles. The van der Waals surface area contributed by atoms with E-state index in [2.05, 4.69) is 51.8 Å². The summed E-state index contributed by atoms with van der Waals surface area (Å²) < 4.78 is 0. The topological polar surface area (TPSA) is 15.3 Å². The summed E-state index contributed by atoms with van der Waals surface area (Å²) in [6.45, 7) is 16.5. The van der Waals surface area contributed by atoms with Crippen LogP contribution < -0.4 is 5.32 Å². The first-order valence-electron chi connectivity index (χ1n) is 8.04. The number of rotatable bonds is 6. The highest BCUT2D eigenvalue weighted by atomic mass is 15.3. The van der Waals surface area contributed by atoms with E-state index in [-0.39, 0.29) is 0 Å². The van der Waals surface area contributed by atoms with Gasteiger partial charge in [-0.05, 0) is 32.1 Å². The molecule has 1 rings (SSSR count). The van der Waals surface area contributed by atoms with Crippen molar-refractivity contribution in [2.75, 3.05) is 13.1 Å². The second-order valence-electron chi connectivity index (χ2n) is 6.23. The molecule has 0 aromatic carbocycles. The van der Waals surface area contributed by atoms with Crippen LogP contribution in [0.2, 0.25) is 0 Å². The van der Waals surface area contributed by atoms with Crippen LogP contribution in [0.1, 0.15) is 67.2 Å². The van der Waals surface area contributed by atoms with Gasteiger partial charge in [-0.1, -0.05) is 41.0 Å². The average Bonchev–Trinajstić information content (AvgIpc) is 2.44. The molecule has 108 valence electrons. The molecule has 0 saturated carbocycles. The molecule has 1 fully saturated rings. The minimum Gasteiger partial charge on any atom is -0.308 e. The second kappa shape index (κ2) is 6.91. The van der Waals surface area contributed by atoms with Crippen LogP contribution in [0, 0.1) is 5.92 Å². The summed E-state index contributed by atoms with van der Waals surface area (Å²) in [4.78, 5) is 2.79. The molecule has 0 amide bonds. The Bertz CT molecular complexity index is 235. The van der Waals surface area contributed by atoms with E-state index in [4.69, 9.17) is 0 Å². The Labute approximate surface area is 115 Å². The smallest absolute Gasteiger partial charge is 0.0304 e. The molecule has 0 aromatic rings. The minimum atomic E-state index is 0.355. The molecule has 0 radical (unpaired) electrons. The number of hydrogen-bond acceptors (Lipinski definition) is 2. The first-order chi connectivity index (χ1) is 8.53. The maximum Gasteiger partial charge on any atom is 0.0304 e. The summed E-state index contributed by atoms with van der Waals surface area (Å²) in [6.07, 6.45) is 5.03. The normalized spacial score (nSPS) is 28.0. The lowest BCUT2D eigenvalue weighted by Gasteiger charge is -2.50. The molecule has 1 aliphatic heterocycles. The van der Waals surface area contributed by atoms with Gasteiger partial charge in [-0.3, -0.25) is 4.90 Å². The van der Waals surface area contributed by atoms with E-state index in [0.29, 0.717) is 11.6 Å². The van der Waals surface area contributed by atoms with Crippen LogP contribution in [0.5, 0.6) is 0 Å². The van der Waals surface area contributed by atoms with Crippen molar-refractivity contribution in [1.82, 2.24) is 10.2 Å². The van der Waals surface area contributed by atoms with Gasteiger partial charge >= 0.3 is 0 Å². The van der Waals surface area contributed by atoms with E-state index < -0.39 is 0 Å². The molecule has 18 heavy (non-hydrogen) atoms. The molecule has 1 heterocycles. The zero-order valence-corrected chi connectivity index (χ0v) is 13.4. The van der Waals surface area contributed by atoms with Crippen LogP contribution >= 0.6 is 0 Å². The minimum absolute atomic E-state index is 0.355. The van der Waals surface area contributed by atoms with E-state index >= 15 is 0 Å². The van der Waals surface area contributed by atoms with Gasteiger partial charge < -0.3 is 5.32 Å². The number of hydrogen-bond donors (Lipinski definition) is 1. The molecule has 2 heteroatoms. The third kappa shape index (κ3) is 3.27. The van der Waals surface area contributed by atoms with Crippen LogP contribution in [0.3, 0.4) is 0 Å². The Balaban J connectivity index is 2.82. The Morgan fingerprint density at radius 2 is 1.78 bits per heavy atom. The first kappa shape index (κ1) is 16.0. The summed E-state index contributed by atoms with van der Waals surface area (Å²) in [5.74, 6) is 0.795. The van der Waals surface area contributed by atoms with Crippen molar-refractivity contribution < 1.29 is 0 Å². The third-order valence-corrected chi connectivity index (χ3v) is 5.48. The molecule has 1 aliphatic rings. The monoisotopic (exact) mass is 254 g/mol. The molecule has 1 saturated heterocycles. The molecule has 0 spiro atoms. The largest absolute Gasteiger partial charge is 0.308 e. The standard InChI is InChI=1S/C16H34N2/c1-7-13(5)14(6)18-12-16(9-3,10-4)17-11-15(18)8-2/h13-15,17H,7-12H2,1-6H3. The zero-order valence-electron chi connectivity index (χ0n) is 13.4. The van der Waals surface area contributed by atoms with Crippen molar-refractivity contribution in [3.8, 4) is 0 Å². The average molecular weight is 254 g/mol. The number of nitrogens with one attached hydrogen (secondary N) is 1. The van der Waals surface area contributed by atoms with E-state index in [9.17, 15) is 0 Å². The second-order valence-corrected chi connectivity index (χ2v) is 6.23. The maximum absolute atomic E-state index is 3.83. The molecule has 1 N–H and O–H groups in total. The zero-order chi connectivity index (χ0) is 13.8. The Hall–Kier alpha value is -0.0800. The Kier molecular flexibility index (Phi) is 6.13. The fourth-order valence-electron chi connectivity index (χ4n) is 3.23. The predicted molar refractivity (Wildman–Crippen MR) is 81.0 cm³/mol. The van der Waals surface area contributed by atoms with Crippen molar-refractivity contribution in [2.45, 2.75) is 84.8 Å². The summed E-state index contributed by atoms with van der Waals surface area (Å²) in [5.41, 5.74) is 0.355. The molecule has 0 aromatic heterocycles. The van der Waals surface area contributed by atoms with Crippen molar-refractivity contribution >= 4 is 0 Å². The molecule has 2 nitrogen and oxygen atoms in total. The quantitative estimate of drug-likeness (QED) is 0.778. The van der Waals surface area contributed by atoms with Crippen LogP contribution in [0.25, 0.3) is 0 Å². The molecular formula is C16H34N2. The van der Waals surface area contributed by atoms with Gasteiger partial charge in [0.25, 0.3) is 0 Å². The highest BCUT2D eigenvalue weighted by molar-refractivity contribution is 4.98. The van der Waals surface area contributed by atoms with E-state index in [1.807, 2.05) is 0 Å². The van der Waals surface area contributed by atoms with Crippen LogP contribution in [0.4, 0.5) is 0 Å². The molecular weight excluding hydrogens is 220 g/mol. The first-order valence-corrected chi connectivity index (χ1v) is 8.04. The lowest BCUT2D eigenvalue weighted by Crippen LogP contribution is -2.66. The molecule has 3 unspecified atom stereocenters. The highest BCUT2D eigenvalue weighted by Gasteiger charge is 2.38. The lowest BCUT2D eigenvalue weighted by molar-refractivity contribution is 0.0219. The molecule has 3 atom stereocenters. The summed E-state index contributed by atoms with van der Waals surface area (Å²) in [7, 11) is 0. The van der Waals surface area contributed by atoms with Gasteiger partial charge in [0.2, 0.25) is 0 Å². The number of nitrogens with zero attached hydrogens (tertiary/aromatic N) is 1. The van der Waals surface area contributed by atoms with Gasteiger partial charge in [0, 0.05) is 30.7 Å². The van der Waals surface area contributed by atoms with E-state index in [1.165, 1.54) is 38.8 Å². The number of piperazine rings is 1. The van der Waals surface area contributed by atoms with E-state index in [1.54, 1.807) is 0 Å². The van der Waals surface area contributed by atoms with Crippen molar-refractivity contribution in [1.29, 1.82) is 0 Å². The fraction of sp³-hybridized carbons (Fsp3) is 1.00. The van der Waals surface area contributed by atoms with Crippen LogP contribution in [-0.4, -0.2) is 35.6 Å². The fourth-order valence-corrected chi connectivity index (χ4v) is 3.23. The predicted octanol–water partition coefficient (Wildman–Crippen LogP) is 3.66. The molecule has 0 bridgehead atoms. The van der Waals surface area contributed by atoms with Gasteiger partial charge in [-0.2, -0.15) is 0 Å². The van der Waals surface area contributed by atoms with Crippen LogP contribution in [0.15, 0.2) is 0 Å².